The molecule has 7 nitrogen and oxygen atoms in total. The summed E-state index contributed by atoms with van der Waals surface area (Å²) >= 11 is 0. The van der Waals surface area contributed by atoms with Gasteiger partial charge in [-0.25, -0.2) is 9.59 Å². The standard InChI is InChI=1S/C21H14O7/c1-25-18-11-7-3-5-9-13(11)27-20(23)15(18)17(22)16-19(26-2)12-8-4-6-10-14(12)28-21(16)24/h3-10H,1-2H3. The maximum atomic E-state index is 13.3. The van der Waals surface area contributed by atoms with E-state index in [1.807, 2.05) is 0 Å². The van der Waals surface area contributed by atoms with Crippen molar-refractivity contribution in [1.29, 1.82) is 0 Å². The van der Waals surface area contributed by atoms with Gasteiger partial charge < -0.3 is 18.3 Å². The molecule has 0 aliphatic rings. The first-order chi connectivity index (χ1) is 13.6. The molecule has 0 amide bonds. The van der Waals surface area contributed by atoms with Crippen LogP contribution in [0.1, 0.15) is 15.9 Å². The molecule has 0 spiro atoms. The van der Waals surface area contributed by atoms with Crippen molar-refractivity contribution in [3.8, 4) is 11.5 Å². The van der Waals surface area contributed by atoms with E-state index in [1.165, 1.54) is 14.2 Å². The highest BCUT2D eigenvalue weighted by atomic mass is 16.5. The van der Waals surface area contributed by atoms with E-state index in [0.29, 0.717) is 10.8 Å². The first-order valence-electron chi connectivity index (χ1n) is 8.31. The Morgan fingerprint density at radius 2 is 1.11 bits per heavy atom. The molecule has 0 unspecified atom stereocenters. The molecule has 0 radical (unpaired) electrons. The van der Waals surface area contributed by atoms with Crippen molar-refractivity contribution in [1.82, 2.24) is 0 Å². The van der Waals surface area contributed by atoms with Crippen LogP contribution in [-0.2, 0) is 0 Å². The maximum Gasteiger partial charge on any atom is 0.351 e. The van der Waals surface area contributed by atoms with Crippen molar-refractivity contribution < 1.29 is 23.1 Å². The Kier molecular flexibility index (Phi) is 4.19. The molecule has 0 aliphatic carbocycles. The summed E-state index contributed by atoms with van der Waals surface area (Å²) in [5, 5.41) is 0.856. The molecule has 0 saturated heterocycles. The van der Waals surface area contributed by atoms with Crippen LogP contribution in [0.2, 0.25) is 0 Å². The highest BCUT2D eigenvalue weighted by Crippen LogP contribution is 2.32. The number of carbonyl (C=O) groups is 1. The third kappa shape index (κ3) is 2.56. The van der Waals surface area contributed by atoms with Crippen LogP contribution in [0, 0.1) is 0 Å². The molecule has 4 rings (SSSR count). The summed E-state index contributed by atoms with van der Waals surface area (Å²) in [7, 11) is 2.66. The lowest BCUT2D eigenvalue weighted by Gasteiger charge is -2.12. The number of rotatable bonds is 4. The summed E-state index contributed by atoms with van der Waals surface area (Å²) in [6.45, 7) is 0. The summed E-state index contributed by atoms with van der Waals surface area (Å²) in [5.74, 6) is -0.856. The summed E-state index contributed by atoms with van der Waals surface area (Å²) in [6.07, 6.45) is 0. The van der Waals surface area contributed by atoms with Crippen LogP contribution in [0.3, 0.4) is 0 Å². The fourth-order valence-corrected chi connectivity index (χ4v) is 3.18. The van der Waals surface area contributed by atoms with Crippen LogP contribution < -0.4 is 20.7 Å². The number of carbonyl (C=O) groups excluding carboxylic acids is 1. The smallest absolute Gasteiger partial charge is 0.351 e. The van der Waals surface area contributed by atoms with Crippen LogP contribution >= 0.6 is 0 Å². The number of para-hydroxylation sites is 2. The predicted octanol–water partition coefficient (Wildman–Crippen LogP) is 3.15. The Labute approximate surface area is 157 Å². The Morgan fingerprint density at radius 1 is 0.714 bits per heavy atom. The molecule has 140 valence electrons. The fraction of sp³-hybridized carbons (Fsp3) is 0.0952. The van der Waals surface area contributed by atoms with E-state index in [4.69, 9.17) is 18.3 Å². The summed E-state index contributed by atoms with van der Waals surface area (Å²) in [5.41, 5.74) is -2.12. The number of ketones is 1. The Balaban J connectivity index is 2.07. The van der Waals surface area contributed by atoms with Gasteiger partial charge in [0.15, 0.2) is 11.1 Å². The monoisotopic (exact) mass is 378 g/mol. The van der Waals surface area contributed by atoms with Crippen LogP contribution in [0.4, 0.5) is 0 Å². The minimum atomic E-state index is -0.921. The van der Waals surface area contributed by atoms with Gasteiger partial charge in [-0.1, -0.05) is 24.3 Å². The second kappa shape index (κ2) is 6.70. The lowest BCUT2D eigenvalue weighted by molar-refractivity contribution is 0.102. The number of hydrogen-bond donors (Lipinski definition) is 0. The van der Waals surface area contributed by atoms with Crippen molar-refractivity contribution in [2.45, 2.75) is 0 Å². The van der Waals surface area contributed by atoms with Crippen LogP contribution in [0.5, 0.6) is 11.5 Å². The molecule has 2 aromatic carbocycles. The largest absolute Gasteiger partial charge is 0.495 e. The molecule has 7 heteroatoms. The average Bonchev–Trinajstić information content (AvgIpc) is 2.71. The van der Waals surface area contributed by atoms with Crippen LogP contribution in [0.15, 0.2) is 67.0 Å². The first-order valence-corrected chi connectivity index (χ1v) is 8.31. The topological polar surface area (TPSA) is 96.0 Å². The fourth-order valence-electron chi connectivity index (χ4n) is 3.18. The third-order valence-corrected chi connectivity index (χ3v) is 4.39. The van der Waals surface area contributed by atoms with Crippen molar-refractivity contribution in [3.63, 3.8) is 0 Å². The van der Waals surface area contributed by atoms with E-state index in [2.05, 4.69) is 0 Å². The molecule has 2 heterocycles. The van der Waals surface area contributed by atoms with Gasteiger partial charge in [-0.3, -0.25) is 4.79 Å². The molecule has 0 saturated carbocycles. The zero-order chi connectivity index (χ0) is 19.8. The van der Waals surface area contributed by atoms with E-state index in [-0.39, 0.29) is 22.7 Å². The van der Waals surface area contributed by atoms with Gasteiger partial charge in [0.2, 0.25) is 5.78 Å². The van der Waals surface area contributed by atoms with Crippen molar-refractivity contribution in [2.75, 3.05) is 14.2 Å². The van der Waals surface area contributed by atoms with E-state index < -0.39 is 28.2 Å². The van der Waals surface area contributed by atoms with Crippen molar-refractivity contribution in [2.24, 2.45) is 0 Å². The molecular formula is C21H14O7. The molecule has 0 fully saturated rings. The van der Waals surface area contributed by atoms with Gasteiger partial charge >= 0.3 is 11.3 Å². The molecule has 2 aromatic heterocycles. The van der Waals surface area contributed by atoms with Crippen molar-refractivity contribution in [3.05, 3.63) is 80.5 Å². The first kappa shape index (κ1) is 17.5. The number of methoxy groups -OCH3 is 2. The van der Waals surface area contributed by atoms with Crippen molar-refractivity contribution >= 4 is 27.7 Å². The number of ether oxygens (including phenoxy) is 2. The highest BCUT2D eigenvalue weighted by molar-refractivity contribution is 6.15. The molecular weight excluding hydrogens is 364 g/mol. The normalized spacial score (nSPS) is 10.9. The van der Waals surface area contributed by atoms with Gasteiger partial charge in [0.05, 0.1) is 25.0 Å². The van der Waals surface area contributed by atoms with Gasteiger partial charge in [-0.2, -0.15) is 0 Å². The highest BCUT2D eigenvalue weighted by Gasteiger charge is 2.30. The zero-order valence-corrected chi connectivity index (χ0v) is 15.0. The maximum absolute atomic E-state index is 13.3. The van der Waals surface area contributed by atoms with Gasteiger partial charge in [0, 0.05) is 0 Å². The average molecular weight is 378 g/mol. The van der Waals surface area contributed by atoms with E-state index in [0.717, 1.165) is 0 Å². The van der Waals surface area contributed by atoms with Crippen LogP contribution in [-0.4, -0.2) is 20.0 Å². The number of benzene rings is 2. The summed E-state index contributed by atoms with van der Waals surface area (Å²) in [6, 6.07) is 13.3. The molecule has 0 aliphatic heterocycles. The second-order valence-electron chi connectivity index (χ2n) is 5.92. The third-order valence-electron chi connectivity index (χ3n) is 4.39. The van der Waals surface area contributed by atoms with E-state index in [1.54, 1.807) is 48.5 Å². The number of hydrogen-bond acceptors (Lipinski definition) is 7. The minimum Gasteiger partial charge on any atom is -0.495 e. The molecule has 28 heavy (non-hydrogen) atoms. The second-order valence-corrected chi connectivity index (χ2v) is 5.92. The SMILES string of the molecule is COc1c(C(=O)c2c(OC)c3ccccc3oc2=O)c(=O)oc2ccccc12. The Hall–Kier alpha value is -3.87. The van der Waals surface area contributed by atoms with Gasteiger partial charge in [0.1, 0.15) is 22.7 Å². The predicted molar refractivity (Wildman–Crippen MR) is 102 cm³/mol. The molecule has 4 aromatic rings. The van der Waals surface area contributed by atoms with Gasteiger partial charge in [-0.15, -0.1) is 0 Å². The molecule has 0 atom stereocenters. The van der Waals surface area contributed by atoms with Gasteiger partial charge in [-0.05, 0) is 24.3 Å². The molecule has 0 N–H and O–H groups in total. The Morgan fingerprint density at radius 3 is 1.50 bits per heavy atom. The lowest BCUT2D eigenvalue weighted by atomic mass is 10.0. The van der Waals surface area contributed by atoms with E-state index in [9.17, 15) is 14.4 Å². The Bertz CT molecular complexity index is 1240. The number of fused-ring (bicyclic) bond motifs is 2. The lowest BCUT2D eigenvalue weighted by Crippen LogP contribution is -2.23. The van der Waals surface area contributed by atoms with Gasteiger partial charge in [0.25, 0.3) is 0 Å². The minimum absolute atomic E-state index is 0.0199. The van der Waals surface area contributed by atoms with E-state index >= 15 is 0 Å². The summed E-state index contributed by atoms with van der Waals surface area (Å²) < 4.78 is 21.2. The van der Waals surface area contributed by atoms with Crippen LogP contribution in [0.25, 0.3) is 21.9 Å². The molecule has 0 bridgehead atoms. The zero-order valence-electron chi connectivity index (χ0n) is 15.0. The quantitative estimate of drug-likeness (QED) is 0.397. The summed E-state index contributed by atoms with van der Waals surface area (Å²) in [4.78, 5) is 38.4.